The largest absolute Gasteiger partial charge is 0.493 e. The molecule has 0 aliphatic rings. The molecule has 0 saturated carbocycles. The van der Waals surface area contributed by atoms with Crippen molar-refractivity contribution in [2.45, 2.75) is 6.61 Å². The van der Waals surface area contributed by atoms with Crippen LogP contribution in [0.1, 0.15) is 15.9 Å². The number of methoxy groups -OCH3 is 1. The molecule has 1 N–H and O–H groups in total. The fourth-order valence-corrected chi connectivity index (χ4v) is 2.69. The van der Waals surface area contributed by atoms with Gasteiger partial charge in [0.05, 0.1) is 7.11 Å². The van der Waals surface area contributed by atoms with Gasteiger partial charge in [-0.25, -0.2) is 0 Å². The van der Waals surface area contributed by atoms with E-state index in [9.17, 15) is 18.8 Å². The Kier molecular flexibility index (Phi) is 5.18. The lowest BCUT2D eigenvalue weighted by molar-refractivity contribution is -0.0512. The average Bonchev–Trinajstić information content (AvgIpc) is 3.10. The minimum Gasteiger partial charge on any atom is -0.493 e. The molecule has 0 amide bonds. The van der Waals surface area contributed by atoms with Gasteiger partial charge in [0.15, 0.2) is 11.5 Å². The van der Waals surface area contributed by atoms with Crippen LogP contribution in [0.3, 0.4) is 0 Å². The van der Waals surface area contributed by atoms with Gasteiger partial charge < -0.3 is 14.5 Å². The molecule has 0 bridgehead atoms. The minimum absolute atomic E-state index is 0.0703. The number of aromatic amines is 1. The summed E-state index contributed by atoms with van der Waals surface area (Å²) >= 11 is 0. The third-order valence-electron chi connectivity index (χ3n) is 3.91. The van der Waals surface area contributed by atoms with E-state index in [2.05, 4.69) is 9.72 Å². The zero-order valence-electron chi connectivity index (χ0n) is 14.2. The topological polar surface area (TPSA) is 75.1 Å². The summed E-state index contributed by atoms with van der Waals surface area (Å²) in [6, 6.07) is 13.3. The van der Waals surface area contributed by atoms with Gasteiger partial charge in [0.1, 0.15) is 11.6 Å². The van der Waals surface area contributed by atoms with E-state index in [-0.39, 0.29) is 17.1 Å². The average molecular weight is 368 g/mol. The van der Waals surface area contributed by atoms with Gasteiger partial charge in [0, 0.05) is 22.7 Å². The highest BCUT2D eigenvalue weighted by Gasteiger charge is 2.17. The van der Waals surface area contributed by atoms with Gasteiger partial charge in [0.2, 0.25) is 5.78 Å². The summed E-state index contributed by atoms with van der Waals surface area (Å²) in [5.41, 5.74) is 1.51. The first-order chi connectivity index (χ1) is 13.0. The summed E-state index contributed by atoms with van der Waals surface area (Å²) in [5.74, 6) is -0.506. The molecule has 5 nitrogen and oxygen atoms in total. The second-order valence-corrected chi connectivity index (χ2v) is 5.54. The first-order valence-electron chi connectivity index (χ1n) is 7.89. The summed E-state index contributed by atoms with van der Waals surface area (Å²) in [5, 5.41) is 10.1. The Morgan fingerprint density at radius 3 is 2.70 bits per heavy atom. The number of hydrogen-bond acceptors (Lipinski definition) is 4. The van der Waals surface area contributed by atoms with Crippen molar-refractivity contribution in [1.82, 2.24) is 4.98 Å². The van der Waals surface area contributed by atoms with Gasteiger partial charge in [-0.15, -0.1) is 0 Å². The van der Waals surface area contributed by atoms with Crippen molar-refractivity contribution in [3.8, 4) is 17.6 Å². The summed E-state index contributed by atoms with van der Waals surface area (Å²) in [6.07, 6.45) is 2.93. The molecule has 136 valence electrons. The maximum Gasteiger partial charge on any atom is 0.387 e. The maximum absolute atomic E-state index is 12.8. The molecule has 0 aliphatic carbocycles. The number of carbonyl (C=O) groups is 1. The highest BCUT2D eigenvalue weighted by molar-refractivity contribution is 6.19. The number of nitrogens with zero attached hydrogens (tertiary/aromatic N) is 1. The molecule has 0 aliphatic heterocycles. The van der Waals surface area contributed by atoms with E-state index >= 15 is 0 Å². The second kappa shape index (κ2) is 7.70. The molecule has 0 saturated heterocycles. The van der Waals surface area contributed by atoms with Crippen LogP contribution in [0.5, 0.6) is 11.5 Å². The van der Waals surface area contributed by atoms with E-state index < -0.39 is 12.4 Å². The van der Waals surface area contributed by atoms with Crippen molar-refractivity contribution in [1.29, 1.82) is 5.26 Å². The number of nitrogens with one attached hydrogen (secondary N) is 1. The van der Waals surface area contributed by atoms with E-state index in [1.807, 2.05) is 18.2 Å². The van der Waals surface area contributed by atoms with Crippen LogP contribution in [0.2, 0.25) is 0 Å². The maximum atomic E-state index is 12.8. The van der Waals surface area contributed by atoms with Crippen LogP contribution in [-0.2, 0) is 0 Å². The van der Waals surface area contributed by atoms with Crippen LogP contribution in [0.4, 0.5) is 8.78 Å². The number of halogens is 2. The molecule has 0 atom stereocenters. The monoisotopic (exact) mass is 368 g/mol. The SMILES string of the molecule is COc1cc(/C=C(\C#N)C(=O)c2c[nH]c3ccccc23)ccc1OC(F)F. The Labute approximate surface area is 153 Å². The number of ketones is 1. The van der Waals surface area contributed by atoms with Crippen molar-refractivity contribution < 1.29 is 23.0 Å². The number of rotatable bonds is 6. The highest BCUT2D eigenvalue weighted by Crippen LogP contribution is 2.30. The van der Waals surface area contributed by atoms with Crippen LogP contribution in [-0.4, -0.2) is 24.5 Å². The standard InChI is InChI=1S/C20H14F2N2O3/c1-26-18-9-12(6-7-17(18)27-20(21)22)8-13(10-23)19(25)15-11-24-16-5-3-2-4-14(15)16/h2-9,11,20,24H,1H3/b13-8+. The number of benzene rings is 2. The minimum atomic E-state index is -2.99. The lowest BCUT2D eigenvalue weighted by atomic mass is 10.0. The lowest BCUT2D eigenvalue weighted by Gasteiger charge is -2.10. The zero-order chi connectivity index (χ0) is 19.4. The summed E-state index contributed by atoms with van der Waals surface area (Å²) in [4.78, 5) is 15.7. The van der Waals surface area contributed by atoms with Crippen LogP contribution < -0.4 is 9.47 Å². The molecule has 3 aromatic rings. The third-order valence-corrected chi connectivity index (χ3v) is 3.91. The Morgan fingerprint density at radius 2 is 2.00 bits per heavy atom. The fraction of sp³-hybridized carbons (Fsp3) is 0.100. The molecule has 0 radical (unpaired) electrons. The highest BCUT2D eigenvalue weighted by atomic mass is 19.3. The van der Waals surface area contributed by atoms with Crippen molar-refractivity contribution >= 4 is 22.8 Å². The number of carbonyl (C=O) groups excluding carboxylic acids is 1. The molecule has 7 heteroatoms. The van der Waals surface area contributed by atoms with Crippen molar-refractivity contribution in [3.05, 3.63) is 65.4 Å². The van der Waals surface area contributed by atoms with E-state index in [1.54, 1.807) is 18.3 Å². The normalized spacial score (nSPS) is 11.4. The lowest BCUT2D eigenvalue weighted by Crippen LogP contribution is -2.04. The fourth-order valence-electron chi connectivity index (χ4n) is 2.69. The Bertz CT molecular complexity index is 1060. The molecule has 0 fully saturated rings. The number of para-hydroxylation sites is 1. The second-order valence-electron chi connectivity index (χ2n) is 5.54. The molecule has 0 spiro atoms. The van der Waals surface area contributed by atoms with Crippen LogP contribution in [0, 0.1) is 11.3 Å². The summed E-state index contributed by atoms with van der Waals surface area (Å²) in [6.45, 7) is -2.99. The molecule has 2 aromatic carbocycles. The Morgan fingerprint density at radius 1 is 1.22 bits per heavy atom. The number of fused-ring (bicyclic) bond motifs is 1. The number of aromatic nitrogens is 1. The number of ether oxygens (including phenoxy) is 2. The number of alkyl halides is 2. The third kappa shape index (κ3) is 3.80. The van der Waals surface area contributed by atoms with E-state index in [4.69, 9.17) is 4.74 Å². The van der Waals surface area contributed by atoms with Crippen molar-refractivity contribution in [2.75, 3.05) is 7.11 Å². The first kappa shape index (κ1) is 18.1. The predicted octanol–water partition coefficient (Wildman–Crippen LogP) is 4.57. The summed E-state index contributed by atoms with van der Waals surface area (Å²) < 4.78 is 34.2. The summed E-state index contributed by atoms with van der Waals surface area (Å²) in [7, 11) is 1.31. The predicted molar refractivity (Wildman–Crippen MR) is 95.8 cm³/mol. The van der Waals surface area contributed by atoms with Gasteiger partial charge in [-0.1, -0.05) is 24.3 Å². The Balaban J connectivity index is 1.97. The Hall–Kier alpha value is -3.66. The van der Waals surface area contributed by atoms with Crippen molar-refractivity contribution in [2.24, 2.45) is 0 Å². The molecule has 1 aromatic heterocycles. The number of Topliss-reactive ketones (excluding diaryl/α,β-unsaturated/α-hetero) is 1. The van der Waals surface area contributed by atoms with Crippen LogP contribution >= 0.6 is 0 Å². The van der Waals surface area contributed by atoms with Gasteiger partial charge in [-0.05, 0) is 29.8 Å². The smallest absolute Gasteiger partial charge is 0.387 e. The van der Waals surface area contributed by atoms with Gasteiger partial charge in [-0.3, -0.25) is 4.79 Å². The van der Waals surface area contributed by atoms with Crippen LogP contribution in [0.25, 0.3) is 17.0 Å². The van der Waals surface area contributed by atoms with Gasteiger partial charge in [-0.2, -0.15) is 14.0 Å². The molecule has 3 rings (SSSR count). The molecule has 1 heterocycles. The molecular formula is C20H14F2N2O3. The quantitative estimate of drug-likeness (QED) is 0.393. The number of allylic oxidation sites excluding steroid dienone is 1. The molecule has 0 unspecified atom stereocenters. The molecular weight excluding hydrogens is 354 g/mol. The molecule has 27 heavy (non-hydrogen) atoms. The van der Waals surface area contributed by atoms with E-state index in [1.165, 1.54) is 31.4 Å². The van der Waals surface area contributed by atoms with E-state index in [0.717, 1.165) is 5.52 Å². The first-order valence-corrected chi connectivity index (χ1v) is 7.89. The van der Waals surface area contributed by atoms with Gasteiger partial charge >= 0.3 is 6.61 Å². The van der Waals surface area contributed by atoms with Gasteiger partial charge in [0.25, 0.3) is 0 Å². The van der Waals surface area contributed by atoms with Crippen molar-refractivity contribution in [3.63, 3.8) is 0 Å². The number of hydrogen-bond donors (Lipinski definition) is 1. The number of nitriles is 1. The number of H-pyrrole nitrogens is 1. The van der Waals surface area contributed by atoms with Crippen LogP contribution in [0.15, 0.2) is 54.2 Å². The van der Waals surface area contributed by atoms with E-state index in [0.29, 0.717) is 16.5 Å². The zero-order valence-corrected chi connectivity index (χ0v) is 14.2.